The number of imidazole rings is 1. The van der Waals surface area contributed by atoms with Crippen LogP contribution in [0.3, 0.4) is 0 Å². The molecule has 0 aliphatic rings. The molecule has 1 amide bonds. The molecule has 0 spiro atoms. The van der Waals surface area contributed by atoms with Crippen molar-refractivity contribution in [1.29, 1.82) is 5.26 Å². The number of hydrogen-bond acceptors (Lipinski definition) is 6. The molecular weight excluding hydrogens is 509 g/mol. The number of benzene rings is 1. The number of nitrogens with zero attached hydrogens (tertiary/aromatic N) is 5. The average molecular weight is 536 g/mol. The smallest absolute Gasteiger partial charge is 0.271 e. The number of halogens is 2. The molecule has 4 aromatic rings. The summed E-state index contributed by atoms with van der Waals surface area (Å²) in [6, 6.07) is 12.8. The van der Waals surface area contributed by atoms with Crippen molar-refractivity contribution in [3.8, 4) is 17.3 Å². The zero-order valence-electron chi connectivity index (χ0n) is 20.6. The predicted molar refractivity (Wildman–Crippen MR) is 146 cm³/mol. The van der Waals surface area contributed by atoms with Gasteiger partial charge in [-0.25, -0.2) is 9.97 Å². The molecule has 37 heavy (non-hydrogen) atoms. The highest BCUT2D eigenvalue weighted by molar-refractivity contribution is 6.36. The Bertz CT molecular complexity index is 1440. The van der Waals surface area contributed by atoms with Crippen LogP contribution in [0.25, 0.3) is 16.9 Å². The molecule has 3 heterocycles. The van der Waals surface area contributed by atoms with Gasteiger partial charge in [-0.15, -0.1) is 0 Å². The molecule has 0 unspecified atom stereocenters. The number of carbonyl (C=O) groups excluding carboxylic acids is 1. The van der Waals surface area contributed by atoms with E-state index in [0.29, 0.717) is 50.7 Å². The normalized spacial score (nSPS) is 11.0. The number of nitriles is 1. The quantitative estimate of drug-likeness (QED) is 0.243. The monoisotopic (exact) mass is 535 g/mol. The third-order valence-corrected chi connectivity index (χ3v) is 6.61. The van der Waals surface area contributed by atoms with E-state index < -0.39 is 0 Å². The molecule has 2 N–H and O–H groups in total. The Balaban J connectivity index is 1.61. The summed E-state index contributed by atoms with van der Waals surface area (Å²) in [7, 11) is 0. The summed E-state index contributed by atoms with van der Waals surface area (Å²) in [6.07, 6.45) is 6.47. The van der Waals surface area contributed by atoms with Gasteiger partial charge < -0.3 is 10.6 Å². The minimum atomic E-state index is -0.221. The largest absolute Gasteiger partial charge is 0.355 e. The number of nitrogens with one attached hydrogen (secondary N) is 2. The van der Waals surface area contributed by atoms with Crippen LogP contribution in [0.5, 0.6) is 0 Å². The predicted octanol–water partition coefficient (Wildman–Crippen LogP) is 5.93. The van der Waals surface area contributed by atoms with Crippen LogP contribution in [0.1, 0.15) is 54.9 Å². The summed E-state index contributed by atoms with van der Waals surface area (Å²) >= 11 is 12.6. The summed E-state index contributed by atoms with van der Waals surface area (Å²) in [5, 5.41) is 16.3. The van der Waals surface area contributed by atoms with Crippen molar-refractivity contribution in [3.05, 3.63) is 75.8 Å². The van der Waals surface area contributed by atoms with Gasteiger partial charge >= 0.3 is 0 Å². The Labute approximate surface area is 225 Å². The fourth-order valence-corrected chi connectivity index (χ4v) is 4.42. The molecule has 0 aliphatic carbocycles. The van der Waals surface area contributed by atoms with Crippen LogP contribution < -0.4 is 10.6 Å². The number of aromatic nitrogens is 4. The molecule has 1 aromatic carbocycles. The number of pyridine rings is 1. The van der Waals surface area contributed by atoms with Gasteiger partial charge in [0.25, 0.3) is 5.91 Å². The Hall–Kier alpha value is -3.67. The molecule has 190 valence electrons. The molecule has 10 heteroatoms. The first-order valence-corrected chi connectivity index (χ1v) is 12.9. The van der Waals surface area contributed by atoms with Gasteiger partial charge in [0, 0.05) is 47.3 Å². The number of rotatable bonds is 10. The molecule has 0 aliphatic heterocycles. The van der Waals surface area contributed by atoms with Crippen molar-refractivity contribution in [2.45, 2.75) is 45.6 Å². The Kier molecular flexibility index (Phi) is 8.59. The standard InChI is InChI=1S/C27H27Cl2N7O/c1-3-19(4-2)33-26(37)24-16-36-25(34-24)13-23(21-10-8-18(28)12-22(21)29)35-27(36)31-11-5-6-20-9-7-17(14-30)15-32-20/h7-10,12-13,15-16,19H,3-6,11H2,1-2H3,(H,31,35)(H,33,37). The number of aryl methyl sites for hydroxylation is 1. The third-order valence-electron chi connectivity index (χ3n) is 6.06. The maximum atomic E-state index is 12.9. The second kappa shape index (κ2) is 12.0. The highest BCUT2D eigenvalue weighted by atomic mass is 35.5. The topological polar surface area (TPSA) is 108 Å². The maximum absolute atomic E-state index is 12.9. The van der Waals surface area contributed by atoms with E-state index in [1.807, 2.05) is 26.0 Å². The first-order valence-electron chi connectivity index (χ1n) is 12.2. The van der Waals surface area contributed by atoms with Crippen LogP contribution in [0.4, 0.5) is 5.95 Å². The zero-order valence-corrected chi connectivity index (χ0v) is 22.1. The summed E-state index contributed by atoms with van der Waals surface area (Å²) < 4.78 is 1.77. The molecule has 0 radical (unpaired) electrons. The number of hydrogen-bond donors (Lipinski definition) is 2. The van der Waals surface area contributed by atoms with Gasteiger partial charge in [-0.05, 0) is 56.0 Å². The molecule has 4 rings (SSSR count). The van der Waals surface area contributed by atoms with Crippen molar-refractivity contribution in [2.24, 2.45) is 0 Å². The lowest BCUT2D eigenvalue weighted by atomic mass is 10.1. The Morgan fingerprint density at radius 2 is 1.95 bits per heavy atom. The van der Waals surface area contributed by atoms with Gasteiger partial charge in [0.2, 0.25) is 5.95 Å². The fraction of sp³-hybridized carbons (Fsp3) is 0.296. The lowest BCUT2D eigenvalue weighted by Crippen LogP contribution is -2.33. The molecule has 0 fully saturated rings. The van der Waals surface area contributed by atoms with E-state index in [2.05, 4.69) is 26.7 Å². The van der Waals surface area contributed by atoms with Crippen molar-refractivity contribution >= 4 is 40.7 Å². The first kappa shape index (κ1) is 26.4. The highest BCUT2D eigenvalue weighted by Gasteiger charge is 2.18. The molecule has 8 nitrogen and oxygen atoms in total. The van der Waals surface area contributed by atoms with Crippen molar-refractivity contribution < 1.29 is 4.79 Å². The number of amides is 1. The molecule has 0 saturated heterocycles. The van der Waals surface area contributed by atoms with Gasteiger partial charge in [0.1, 0.15) is 17.4 Å². The van der Waals surface area contributed by atoms with Crippen LogP contribution in [-0.2, 0) is 6.42 Å². The number of fused-ring (bicyclic) bond motifs is 1. The van der Waals surface area contributed by atoms with E-state index in [9.17, 15) is 4.79 Å². The van der Waals surface area contributed by atoms with Gasteiger partial charge in [-0.3, -0.25) is 14.2 Å². The third kappa shape index (κ3) is 6.37. The minimum absolute atomic E-state index is 0.0901. The molecular formula is C27H27Cl2N7O. The average Bonchev–Trinajstić information content (AvgIpc) is 3.34. The van der Waals surface area contributed by atoms with Gasteiger partial charge in [0.05, 0.1) is 16.3 Å². The Morgan fingerprint density at radius 3 is 2.62 bits per heavy atom. The maximum Gasteiger partial charge on any atom is 0.271 e. The SMILES string of the molecule is CCC(CC)NC(=O)c1cn2c(NCCCc3ccc(C#N)cn3)nc(-c3ccc(Cl)cc3Cl)cc2n1. The van der Waals surface area contributed by atoms with Gasteiger partial charge in [-0.1, -0.05) is 37.0 Å². The summed E-state index contributed by atoms with van der Waals surface area (Å²) in [6.45, 7) is 4.69. The van der Waals surface area contributed by atoms with Crippen LogP contribution >= 0.6 is 23.2 Å². The van der Waals surface area contributed by atoms with E-state index in [-0.39, 0.29) is 11.9 Å². The highest BCUT2D eigenvalue weighted by Crippen LogP contribution is 2.31. The van der Waals surface area contributed by atoms with E-state index in [1.165, 1.54) is 0 Å². The van der Waals surface area contributed by atoms with E-state index in [4.69, 9.17) is 33.4 Å². The summed E-state index contributed by atoms with van der Waals surface area (Å²) in [5.74, 6) is 0.321. The van der Waals surface area contributed by atoms with Gasteiger partial charge in [0.15, 0.2) is 0 Å². The van der Waals surface area contributed by atoms with Crippen LogP contribution in [0.2, 0.25) is 10.0 Å². The van der Waals surface area contributed by atoms with E-state index in [0.717, 1.165) is 31.4 Å². The van der Waals surface area contributed by atoms with Crippen molar-refractivity contribution in [2.75, 3.05) is 11.9 Å². The van der Waals surface area contributed by atoms with Crippen molar-refractivity contribution in [3.63, 3.8) is 0 Å². The van der Waals surface area contributed by atoms with E-state index >= 15 is 0 Å². The van der Waals surface area contributed by atoms with Crippen LogP contribution in [0.15, 0.2) is 48.8 Å². The lowest BCUT2D eigenvalue weighted by molar-refractivity contribution is 0.0930. The number of carbonyl (C=O) groups is 1. The van der Waals surface area contributed by atoms with Gasteiger partial charge in [-0.2, -0.15) is 5.26 Å². The molecule has 0 atom stereocenters. The summed E-state index contributed by atoms with van der Waals surface area (Å²) in [4.78, 5) is 26.6. The number of anilines is 1. The first-order chi connectivity index (χ1) is 17.9. The second-order valence-corrected chi connectivity index (χ2v) is 9.45. The zero-order chi connectivity index (χ0) is 26.4. The van der Waals surface area contributed by atoms with Crippen LogP contribution in [0, 0.1) is 11.3 Å². The summed E-state index contributed by atoms with van der Waals surface area (Å²) in [5.41, 5.74) is 3.66. The molecule has 3 aromatic heterocycles. The molecule has 0 saturated carbocycles. The van der Waals surface area contributed by atoms with Crippen LogP contribution in [-0.4, -0.2) is 37.8 Å². The Morgan fingerprint density at radius 1 is 1.14 bits per heavy atom. The molecule has 0 bridgehead atoms. The lowest BCUT2D eigenvalue weighted by Gasteiger charge is -2.13. The fourth-order valence-electron chi connectivity index (χ4n) is 3.92. The van der Waals surface area contributed by atoms with Crippen molar-refractivity contribution in [1.82, 2.24) is 24.7 Å². The second-order valence-electron chi connectivity index (χ2n) is 8.61. The van der Waals surface area contributed by atoms with E-state index in [1.54, 1.807) is 41.1 Å². The minimum Gasteiger partial charge on any atom is -0.355 e.